The zero-order chi connectivity index (χ0) is 14.7. The Bertz CT molecular complexity index is 496. The van der Waals surface area contributed by atoms with Crippen molar-refractivity contribution in [1.29, 1.82) is 0 Å². The monoisotopic (exact) mass is 278 g/mol. The van der Waals surface area contributed by atoms with Crippen molar-refractivity contribution in [3.63, 3.8) is 0 Å². The molecule has 0 radical (unpaired) electrons. The predicted molar refractivity (Wildman–Crippen MR) is 77.8 cm³/mol. The van der Waals surface area contributed by atoms with Gasteiger partial charge in [0.2, 0.25) is 0 Å². The van der Waals surface area contributed by atoms with Gasteiger partial charge < -0.3 is 4.74 Å². The van der Waals surface area contributed by atoms with Gasteiger partial charge in [0.25, 0.3) is 0 Å². The van der Waals surface area contributed by atoms with Crippen LogP contribution in [0.15, 0.2) is 12.1 Å². The number of benzene rings is 1. The van der Waals surface area contributed by atoms with E-state index in [1.165, 1.54) is 25.8 Å². The molecule has 2 rings (SSSR count). The highest BCUT2D eigenvalue weighted by molar-refractivity contribution is 5.96. The molecule has 1 aromatic carbocycles. The van der Waals surface area contributed by atoms with Gasteiger partial charge in [0, 0.05) is 0 Å². The Morgan fingerprint density at radius 3 is 2.70 bits per heavy atom. The summed E-state index contributed by atoms with van der Waals surface area (Å²) in [5, 5.41) is 0. The number of aryl methyl sites for hydroxylation is 1. The summed E-state index contributed by atoms with van der Waals surface area (Å²) in [6, 6.07) is 2.96. The van der Waals surface area contributed by atoms with Crippen LogP contribution >= 0.6 is 0 Å². The lowest BCUT2D eigenvalue weighted by atomic mass is 9.84. The van der Waals surface area contributed by atoms with Crippen molar-refractivity contribution in [1.82, 2.24) is 0 Å². The minimum Gasteiger partial charge on any atom is -0.489 e. The van der Waals surface area contributed by atoms with E-state index in [1.807, 2.05) is 0 Å². The molecule has 1 saturated carbocycles. The number of ether oxygens (including phenoxy) is 1. The molecule has 1 aliphatic carbocycles. The van der Waals surface area contributed by atoms with Gasteiger partial charge >= 0.3 is 0 Å². The van der Waals surface area contributed by atoms with E-state index in [2.05, 4.69) is 6.92 Å². The first-order valence-corrected chi connectivity index (χ1v) is 7.50. The second-order valence-electron chi connectivity index (χ2n) is 5.76. The molecule has 3 heteroatoms. The van der Waals surface area contributed by atoms with Crippen molar-refractivity contribution in [3.05, 3.63) is 29.1 Å². The molecule has 1 fully saturated rings. The molecule has 0 N–H and O–H groups in total. The first-order chi connectivity index (χ1) is 9.52. The Labute approximate surface area is 120 Å². The summed E-state index contributed by atoms with van der Waals surface area (Å²) in [7, 11) is 0. The van der Waals surface area contributed by atoms with Gasteiger partial charge in [-0.05, 0) is 63.1 Å². The molecule has 0 heterocycles. The molecule has 0 saturated heterocycles. The van der Waals surface area contributed by atoms with E-state index in [-0.39, 0.29) is 17.7 Å². The fourth-order valence-corrected chi connectivity index (χ4v) is 2.99. The highest BCUT2D eigenvalue weighted by Crippen LogP contribution is 2.32. The summed E-state index contributed by atoms with van der Waals surface area (Å²) >= 11 is 0. The molecule has 1 aliphatic rings. The van der Waals surface area contributed by atoms with E-state index in [0.29, 0.717) is 22.8 Å². The first kappa shape index (κ1) is 15.0. The van der Waals surface area contributed by atoms with Crippen LogP contribution in [0, 0.1) is 18.7 Å². The maximum Gasteiger partial charge on any atom is 0.163 e. The number of Topliss-reactive ketones (excluding diaryl/α,β-unsaturated/α-hetero) is 1. The molecule has 1 aromatic rings. The third-order valence-electron chi connectivity index (χ3n) is 4.28. The van der Waals surface area contributed by atoms with Crippen LogP contribution in [0.4, 0.5) is 4.39 Å². The van der Waals surface area contributed by atoms with Crippen LogP contribution in [-0.2, 0) is 0 Å². The molecule has 20 heavy (non-hydrogen) atoms. The molecule has 0 aliphatic heterocycles. The molecule has 2 atom stereocenters. The molecular weight excluding hydrogens is 255 g/mol. The maximum absolute atomic E-state index is 13.6. The van der Waals surface area contributed by atoms with Gasteiger partial charge in [-0.1, -0.05) is 13.3 Å². The van der Waals surface area contributed by atoms with Gasteiger partial charge in [-0.25, -0.2) is 4.39 Å². The number of carbonyl (C=O) groups excluding carboxylic acids is 1. The molecule has 0 bridgehead atoms. The maximum atomic E-state index is 13.6. The van der Waals surface area contributed by atoms with Gasteiger partial charge in [0.15, 0.2) is 5.78 Å². The number of carbonyl (C=O) groups is 1. The second kappa shape index (κ2) is 6.38. The number of hydrogen-bond acceptors (Lipinski definition) is 2. The minimum atomic E-state index is -0.349. The third kappa shape index (κ3) is 3.20. The Kier molecular flexibility index (Phi) is 4.79. The fraction of sp³-hybridized carbons (Fsp3) is 0.588. The lowest BCUT2D eigenvalue weighted by Gasteiger charge is -2.31. The molecule has 2 unspecified atom stereocenters. The minimum absolute atomic E-state index is 0.150. The average Bonchev–Trinajstić information content (AvgIpc) is 2.43. The quantitative estimate of drug-likeness (QED) is 0.747. The zero-order valence-electron chi connectivity index (χ0n) is 12.5. The summed E-state index contributed by atoms with van der Waals surface area (Å²) in [5.41, 5.74) is 0.877. The topological polar surface area (TPSA) is 26.3 Å². The van der Waals surface area contributed by atoms with Crippen molar-refractivity contribution in [2.75, 3.05) is 0 Å². The number of halogens is 1. The second-order valence-corrected chi connectivity index (χ2v) is 5.76. The van der Waals surface area contributed by atoms with Crippen molar-refractivity contribution in [2.24, 2.45) is 5.92 Å². The highest BCUT2D eigenvalue weighted by atomic mass is 19.1. The molecule has 110 valence electrons. The van der Waals surface area contributed by atoms with Crippen LogP contribution in [0.2, 0.25) is 0 Å². The third-order valence-corrected chi connectivity index (χ3v) is 4.28. The Hall–Kier alpha value is -1.38. The Morgan fingerprint density at radius 2 is 2.05 bits per heavy atom. The highest BCUT2D eigenvalue weighted by Gasteiger charge is 2.26. The van der Waals surface area contributed by atoms with Gasteiger partial charge in [-0.15, -0.1) is 0 Å². The summed E-state index contributed by atoms with van der Waals surface area (Å²) in [6.07, 6.45) is 5.84. The van der Waals surface area contributed by atoms with E-state index in [9.17, 15) is 9.18 Å². The fourth-order valence-electron chi connectivity index (χ4n) is 2.99. The Balaban J connectivity index is 2.27. The van der Waals surface area contributed by atoms with Crippen molar-refractivity contribution in [2.45, 2.75) is 59.0 Å². The number of hydrogen-bond donors (Lipinski definition) is 0. The van der Waals surface area contributed by atoms with Gasteiger partial charge in [-0.2, -0.15) is 0 Å². The lowest BCUT2D eigenvalue weighted by molar-refractivity contribution is 0.0864. The zero-order valence-corrected chi connectivity index (χ0v) is 12.5. The molecule has 0 spiro atoms. The first-order valence-electron chi connectivity index (χ1n) is 7.50. The summed E-state index contributed by atoms with van der Waals surface area (Å²) in [5.74, 6) is 0.580. The number of ketones is 1. The van der Waals surface area contributed by atoms with Crippen LogP contribution in [0.3, 0.4) is 0 Å². The standard InChI is InChI=1S/C17H23FO2/c1-4-13-7-5-6-8-16(13)20-17-9-11(2)15(18)10-14(17)12(3)19/h9-10,13,16H,4-8H2,1-3H3. The summed E-state index contributed by atoms with van der Waals surface area (Å²) < 4.78 is 19.7. The van der Waals surface area contributed by atoms with Crippen LogP contribution in [0.5, 0.6) is 5.75 Å². The van der Waals surface area contributed by atoms with E-state index in [4.69, 9.17) is 4.74 Å². The SMILES string of the molecule is CCC1CCCCC1Oc1cc(C)c(F)cc1C(C)=O. The summed E-state index contributed by atoms with van der Waals surface area (Å²) in [6.45, 7) is 5.33. The van der Waals surface area contributed by atoms with E-state index >= 15 is 0 Å². The summed E-state index contributed by atoms with van der Waals surface area (Å²) in [4.78, 5) is 11.7. The van der Waals surface area contributed by atoms with Crippen molar-refractivity contribution < 1.29 is 13.9 Å². The molecular formula is C17H23FO2. The van der Waals surface area contributed by atoms with Crippen LogP contribution in [0.1, 0.15) is 61.9 Å². The molecule has 0 aromatic heterocycles. The lowest BCUT2D eigenvalue weighted by Crippen LogP contribution is -2.30. The normalized spacial score (nSPS) is 22.6. The van der Waals surface area contributed by atoms with Crippen molar-refractivity contribution >= 4 is 5.78 Å². The van der Waals surface area contributed by atoms with Crippen LogP contribution in [-0.4, -0.2) is 11.9 Å². The van der Waals surface area contributed by atoms with Gasteiger partial charge in [0.1, 0.15) is 17.7 Å². The van der Waals surface area contributed by atoms with Gasteiger partial charge in [0.05, 0.1) is 5.56 Å². The average molecular weight is 278 g/mol. The van der Waals surface area contributed by atoms with E-state index in [1.54, 1.807) is 13.0 Å². The molecule has 0 amide bonds. The van der Waals surface area contributed by atoms with E-state index < -0.39 is 0 Å². The van der Waals surface area contributed by atoms with E-state index in [0.717, 1.165) is 19.3 Å². The largest absolute Gasteiger partial charge is 0.489 e. The van der Waals surface area contributed by atoms with Crippen LogP contribution < -0.4 is 4.74 Å². The van der Waals surface area contributed by atoms with Crippen LogP contribution in [0.25, 0.3) is 0 Å². The van der Waals surface area contributed by atoms with Crippen molar-refractivity contribution in [3.8, 4) is 5.75 Å². The number of rotatable bonds is 4. The predicted octanol–water partition coefficient (Wildman–Crippen LogP) is 4.68. The molecule has 2 nitrogen and oxygen atoms in total. The van der Waals surface area contributed by atoms with Gasteiger partial charge in [-0.3, -0.25) is 4.79 Å². The smallest absolute Gasteiger partial charge is 0.163 e. The Morgan fingerprint density at radius 1 is 1.35 bits per heavy atom.